The van der Waals surface area contributed by atoms with Gasteiger partial charge in [0.1, 0.15) is 11.9 Å². The maximum absolute atomic E-state index is 13.0. The van der Waals surface area contributed by atoms with Crippen LogP contribution in [0.4, 0.5) is 4.39 Å². The van der Waals surface area contributed by atoms with Gasteiger partial charge in [-0.15, -0.1) is 0 Å². The summed E-state index contributed by atoms with van der Waals surface area (Å²) in [6.07, 6.45) is -0.341. The fraction of sp³-hybridized carbons (Fsp3) is 0.250. The van der Waals surface area contributed by atoms with Crippen molar-refractivity contribution in [2.45, 2.75) is 13.0 Å². The van der Waals surface area contributed by atoms with Gasteiger partial charge in [-0.1, -0.05) is 18.2 Å². The highest BCUT2D eigenvalue weighted by Crippen LogP contribution is 2.31. The Kier molecular flexibility index (Phi) is 4.58. The van der Waals surface area contributed by atoms with Crippen LogP contribution in [-0.2, 0) is 0 Å². The van der Waals surface area contributed by atoms with Crippen LogP contribution >= 0.6 is 0 Å². The Bertz CT molecular complexity index is 569. The molecule has 0 amide bonds. The van der Waals surface area contributed by atoms with E-state index < -0.39 is 0 Å². The molecule has 1 atom stereocenters. The van der Waals surface area contributed by atoms with Crippen LogP contribution < -0.4 is 15.2 Å². The Balaban J connectivity index is 2.24. The number of nitrogens with two attached hydrogens (primary N) is 1. The molecule has 0 aromatic heterocycles. The van der Waals surface area contributed by atoms with Crippen molar-refractivity contribution in [2.24, 2.45) is 5.73 Å². The molecule has 2 aromatic rings. The van der Waals surface area contributed by atoms with E-state index in [-0.39, 0.29) is 11.9 Å². The van der Waals surface area contributed by atoms with Crippen molar-refractivity contribution < 1.29 is 13.9 Å². The highest BCUT2D eigenvalue weighted by atomic mass is 19.1. The number of aryl methyl sites for hydroxylation is 1. The number of rotatable bonds is 5. The monoisotopic (exact) mass is 275 g/mol. The lowest BCUT2D eigenvalue weighted by molar-refractivity contribution is 0.204. The Morgan fingerprint density at radius 2 is 1.80 bits per heavy atom. The van der Waals surface area contributed by atoms with E-state index in [1.807, 2.05) is 25.1 Å². The third-order valence-electron chi connectivity index (χ3n) is 3.04. The molecule has 0 radical (unpaired) electrons. The van der Waals surface area contributed by atoms with E-state index in [9.17, 15) is 4.39 Å². The Morgan fingerprint density at radius 1 is 1.10 bits per heavy atom. The van der Waals surface area contributed by atoms with Crippen molar-refractivity contribution in [1.29, 1.82) is 0 Å². The number of ether oxygens (including phenoxy) is 2. The summed E-state index contributed by atoms with van der Waals surface area (Å²) in [4.78, 5) is 0. The molecule has 3 nitrogen and oxygen atoms in total. The molecule has 0 fully saturated rings. The molecular formula is C16H18FNO2. The van der Waals surface area contributed by atoms with Gasteiger partial charge in [-0.25, -0.2) is 4.39 Å². The molecule has 0 bridgehead atoms. The summed E-state index contributed by atoms with van der Waals surface area (Å²) in [6.45, 7) is 2.27. The number of hydrogen-bond acceptors (Lipinski definition) is 3. The van der Waals surface area contributed by atoms with E-state index in [2.05, 4.69) is 0 Å². The Morgan fingerprint density at radius 3 is 2.40 bits per heavy atom. The molecule has 0 aliphatic rings. The van der Waals surface area contributed by atoms with Gasteiger partial charge in [0, 0.05) is 6.54 Å². The van der Waals surface area contributed by atoms with Crippen LogP contribution in [0.5, 0.6) is 11.5 Å². The van der Waals surface area contributed by atoms with Gasteiger partial charge in [0.25, 0.3) is 0 Å². The Labute approximate surface area is 118 Å². The molecule has 2 rings (SSSR count). The lowest BCUT2D eigenvalue weighted by Crippen LogP contribution is -2.18. The van der Waals surface area contributed by atoms with E-state index in [0.29, 0.717) is 18.0 Å². The van der Waals surface area contributed by atoms with Crippen molar-refractivity contribution in [2.75, 3.05) is 13.7 Å². The molecule has 0 saturated heterocycles. The predicted molar refractivity (Wildman–Crippen MR) is 76.6 cm³/mol. The van der Waals surface area contributed by atoms with Gasteiger partial charge in [0.2, 0.25) is 0 Å². The maximum Gasteiger partial charge on any atom is 0.162 e. The van der Waals surface area contributed by atoms with Gasteiger partial charge in [-0.2, -0.15) is 0 Å². The third-order valence-corrected chi connectivity index (χ3v) is 3.04. The average Bonchev–Trinajstić information content (AvgIpc) is 2.47. The molecule has 20 heavy (non-hydrogen) atoms. The Hall–Kier alpha value is -2.07. The van der Waals surface area contributed by atoms with E-state index >= 15 is 0 Å². The molecule has 0 saturated carbocycles. The van der Waals surface area contributed by atoms with E-state index in [1.165, 1.54) is 12.1 Å². The zero-order valence-corrected chi connectivity index (χ0v) is 11.6. The summed E-state index contributed by atoms with van der Waals surface area (Å²) in [5.74, 6) is 1.00. The second kappa shape index (κ2) is 6.39. The van der Waals surface area contributed by atoms with Gasteiger partial charge in [-0.05, 0) is 42.3 Å². The minimum absolute atomic E-state index is 0.280. The molecular weight excluding hydrogens is 257 g/mol. The zero-order chi connectivity index (χ0) is 14.5. The molecule has 4 heteroatoms. The summed E-state index contributed by atoms with van der Waals surface area (Å²) in [5, 5.41) is 0. The van der Waals surface area contributed by atoms with Crippen LogP contribution in [0.25, 0.3) is 0 Å². The minimum atomic E-state index is -0.341. The number of halogens is 1. The van der Waals surface area contributed by atoms with Crippen LogP contribution in [0.1, 0.15) is 17.2 Å². The second-order valence-corrected chi connectivity index (χ2v) is 4.55. The van der Waals surface area contributed by atoms with Crippen LogP contribution in [0.2, 0.25) is 0 Å². The first kappa shape index (κ1) is 14.3. The van der Waals surface area contributed by atoms with E-state index in [4.69, 9.17) is 15.2 Å². The SMILES string of the molecule is COc1cc(C)ccc1OC(CN)c1ccc(F)cc1. The van der Waals surface area contributed by atoms with Gasteiger partial charge in [-0.3, -0.25) is 0 Å². The summed E-state index contributed by atoms with van der Waals surface area (Å²) >= 11 is 0. The van der Waals surface area contributed by atoms with Gasteiger partial charge >= 0.3 is 0 Å². The van der Waals surface area contributed by atoms with Crippen molar-refractivity contribution in [1.82, 2.24) is 0 Å². The molecule has 2 N–H and O–H groups in total. The van der Waals surface area contributed by atoms with Crippen molar-refractivity contribution in [3.05, 3.63) is 59.4 Å². The number of hydrogen-bond donors (Lipinski definition) is 1. The van der Waals surface area contributed by atoms with Gasteiger partial charge in [0.05, 0.1) is 7.11 Å². The topological polar surface area (TPSA) is 44.5 Å². The number of benzene rings is 2. The quantitative estimate of drug-likeness (QED) is 0.911. The maximum atomic E-state index is 13.0. The fourth-order valence-corrected chi connectivity index (χ4v) is 1.96. The van der Waals surface area contributed by atoms with Crippen LogP contribution in [0, 0.1) is 12.7 Å². The highest BCUT2D eigenvalue weighted by Gasteiger charge is 2.14. The molecule has 0 heterocycles. The summed E-state index contributed by atoms with van der Waals surface area (Å²) in [5.41, 5.74) is 7.67. The molecule has 0 spiro atoms. The lowest BCUT2D eigenvalue weighted by atomic mass is 10.1. The van der Waals surface area contributed by atoms with Crippen LogP contribution in [0.3, 0.4) is 0 Å². The van der Waals surface area contributed by atoms with Crippen LogP contribution in [-0.4, -0.2) is 13.7 Å². The standard InChI is InChI=1S/C16H18FNO2/c1-11-3-8-14(15(9-11)19-2)20-16(10-18)12-4-6-13(17)7-5-12/h3-9,16H,10,18H2,1-2H3. The lowest BCUT2D eigenvalue weighted by Gasteiger charge is -2.19. The zero-order valence-electron chi connectivity index (χ0n) is 11.6. The minimum Gasteiger partial charge on any atom is -0.493 e. The largest absolute Gasteiger partial charge is 0.493 e. The number of methoxy groups -OCH3 is 1. The molecule has 2 aromatic carbocycles. The second-order valence-electron chi connectivity index (χ2n) is 4.55. The van der Waals surface area contributed by atoms with Gasteiger partial charge < -0.3 is 15.2 Å². The fourth-order valence-electron chi connectivity index (χ4n) is 1.96. The normalized spacial score (nSPS) is 12.0. The van der Waals surface area contributed by atoms with E-state index in [1.54, 1.807) is 19.2 Å². The molecule has 106 valence electrons. The van der Waals surface area contributed by atoms with Crippen molar-refractivity contribution in [3.63, 3.8) is 0 Å². The third kappa shape index (κ3) is 3.27. The van der Waals surface area contributed by atoms with Crippen LogP contribution in [0.15, 0.2) is 42.5 Å². The van der Waals surface area contributed by atoms with Gasteiger partial charge in [0.15, 0.2) is 11.5 Å². The molecule has 0 aliphatic carbocycles. The van der Waals surface area contributed by atoms with Crippen molar-refractivity contribution in [3.8, 4) is 11.5 Å². The first-order chi connectivity index (χ1) is 9.63. The van der Waals surface area contributed by atoms with E-state index in [0.717, 1.165) is 11.1 Å². The molecule has 0 aliphatic heterocycles. The summed E-state index contributed by atoms with van der Waals surface area (Å²) < 4.78 is 24.1. The summed E-state index contributed by atoms with van der Waals surface area (Å²) in [7, 11) is 1.59. The smallest absolute Gasteiger partial charge is 0.162 e. The highest BCUT2D eigenvalue weighted by molar-refractivity contribution is 5.43. The summed E-state index contributed by atoms with van der Waals surface area (Å²) in [6, 6.07) is 11.8. The average molecular weight is 275 g/mol. The first-order valence-corrected chi connectivity index (χ1v) is 6.41. The first-order valence-electron chi connectivity index (χ1n) is 6.41. The van der Waals surface area contributed by atoms with Crippen molar-refractivity contribution >= 4 is 0 Å². The molecule has 1 unspecified atom stereocenters. The predicted octanol–water partition coefficient (Wildman–Crippen LogP) is 3.22.